The molecule has 1 aromatic carbocycles. The lowest BCUT2D eigenvalue weighted by atomic mass is 9.87. The van der Waals surface area contributed by atoms with Crippen LogP contribution in [0, 0.1) is 5.92 Å². The van der Waals surface area contributed by atoms with Gasteiger partial charge in [-0.05, 0) is 56.1 Å². The van der Waals surface area contributed by atoms with Crippen LogP contribution in [0.1, 0.15) is 39.2 Å². The average molecular weight is 274 g/mol. The molecule has 110 valence electrons. The molecule has 0 unspecified atom stereocenters. The lowest BCUT2D eigenvalue weighted by molar-refractivity contribution is -0.121. The fourth-order valence-corrected chi connectivity index (χ4v) is 2.57. The quantitative estimate of drug-likeness (QED) is 0.897. The van der Waals surface area contributed by atoms with Crippen LogP contribution in [0.2, 0.25) is 0 Å². The maximum Gasteiger partial charge on any atom is 0.227 e. The predicted molar refractivity (Wildman–Crippen MR) is 84.0 cm³/mol. The SMILES string of the molecule is CN1CCC(C(=O)Nc2ccc(C(C)(C)C)cc2)CC1. The molecule has 1 fully saturated rings. The molecule has 1 aromatic rings. The molecule has 1 aliphatic heterocycles. The summed E-state index contributed by atoms with van der Waals surface area (Å²) in [6.45, 7) is 8.61. The van der Waals surface area contributed by atoms with E-state index in [1.165, 1.54) is 5.56 Å². The first-order valence-electron chi connectivity index (χ1n) is 7.46. The highest BCUT2D eigenvalue weighted by molar-refractivity contribution is 5.92. The van der Waals surface area contributed by atoms with Gasteiger partial charge in [0, 0.05) is 11.6 Å². The van der Waals surface area contributed by atoms with Crippen molar-refractivity contribution >= 4 is 11.6 Å². The number of nitrogens with one attached hydrogen (secondary N) is 1. The molecule has 0 bridgehead atoms. The van der Waals surface area contributed by atoms with Crippen LogP contribution in [-0.2, 0) is 10.2 Å². The van der Waals surface area contributed by atoms with E-state index in [0.29, 0.717) is 0 Å². The number of hydrogen-bond acceptors (Lipinski definition) is 2. The second kappa shape index (κ2) is 5.96. The monoisotopic (exact) mass is 274 g/mol. The maximum atomic E-state index is 12.2. The van der Waals surface area contributed by atoms with E-state index >= 15 is 0 Å². The Morgan fingerprint density at radius 3 is 2.20 bits per heavy atom. The molecule has 1 heterocycles. The second-order valence-corrected chi connectivity index (χ2v) is 6.89. The van der Waals surface area contributed by atoms with Gasteiger partial charge in [-0.3, -0.25) is 4.79 Å². The van der Waals surface area contributed by atoms with Gasteiger partial charge in [0.25, 0.3) is 0 Å². The molecule has 3 nitrogen and oxygen atoms in total. The summed E-state index contributed by atoms with van der Waals surface area (Å²) in [5.41, 5.74) is 2.34. The van der Waals surface area contributed by atoms with Gasteiger partial charge in [0.15, 0.2) is 0 Å². The van der Waals surface area contributed by atoms with Crippen molar-refractivity contribution in [1.29, 1.82) is 0 Å². The fourth-order valence-electron chi connectivity index (χ4n) is 2.57. The molecule has 1 saturated heterocycles. The van der Waals surface area contributed by atoms with E-state index in [0.717, 1.165) is 31.6 Å². The summed E-state index contributed by atoms with van der Waals surface area (Å²) in [5, 5.41) is 3.05. The minimum absolute atomic E-state index is 0.149. The number of nitrogens with zero attached hydrogens (tertiary/aromatic N) is 1. The number of piperidine rings is 1. The van der Waals surface area contributed by atoms with Crippen LogP contribution < -0.4 is 5.32 Å². The third-order valence-electron chi connectivity index (χ3n) is 4.11. The van der Waals surface area contributed by atoms with Crippen molar-refractivity contribution in [3.8, 4) is 0 Å². The van der Waals surface area contributed by atoms with E-state index in [4.69, 9.17) is 0 Å². The molecule has 0 saturated carbocycles. The van der Waals surface area contributed by atoms with E-state index in [9.17, 15) is 4.79 Å². The molecule has 1 N–H and O–H groups in total. The number of rotatable bonds is 2. The summed E-state index contributed by atoms with van der Waals surface area (Å²) in [6.07, 6.45) is 1.92. The number of hydrogen-bond donors (Lipinski definition) is 1. The van der Waals surface area contributed by atoms with Gasteiger partial charge in [-0.25, -0.2) is 0 Å². The van der Waals surface area contributed by atoms with Crippen molar-refractivity contribution in [2.75, 3.05) is 25.5 Å². The number of anilines is 1. The van der Waals surface area contributed by atoms with Crippen LogP contribution >= 0.6 is 0 Å². The minimum atomic E-state index is 0.149. The second-order valence-electron chi connectivity index (χ2n) is 6.89. The van der Waals surface area contributed by atoms with Crippen molar-refractivity contribution in [1.82, 2.24) is 4.90 Å². The van der Waals surface area contributed by atoms with Crippen LogP contribution in [0.3, 0.4) is 0 Å². The lowest BCUT2D eigenvalue weighted by Crippen LogP contribution is -2.35. The molecule has 0 aliphatic carbocycles. The molecular weight excluding hydrogens is 248 g/mol. The number of carbonyl (C=O) groups is 1. The van der Waals surface area contributed by atoms with Crippen molar-refractivity contribution in [3.63, 3.8) is 0 Å². The molecule has 3 heteroatoms. The first kappa shape index (κ1) is 15.0. The Kier molecular flexibility index (Phi) is 4.48. The maximum absolute atomic E-state index is 12.2. The Bertz CT molecular complexity index is 451. The summed E-state index contributed by atoms with van der Waals surface area (Å²) in [4.78, 5) is 14.5. The first-order valence-corrected chi connectivity index (χ1v) is 7.46. The topological polar surface area (TPSA) is 32.3 Å². The summed E-state index contributed by atoms with van der Waals surface area (Å²) in [6, 6.07) is 8.22. The van der Waals surface area contributed by atoms with Gasteiger partial charge in [-0.15, -0.1) is 0 Å². The van der Waals surface area contributed by atoms with Crippen molar-refractivity contribution in [2.24, 2.45) is 5.92 Å². The van der Waals surface area contributed by atoms with Gasteiger partial charge in [0.1, 0.15) is 0 Å². The number of amides is 1. The zero-order chi connectivity index (χ0) is 14.8. The normalized spacial score (nSPS) is 18.0. The third kappa shape index (κ3) is 3.83. The molecule has 1 aliphatic rings. The van der Waals surface area contributed by atoms with Crippen LogP contribution in [0.15, 0.2) is 24.3 Å². The van der Waals surface area contributed by atoms with E-state index < -0.39 is 0 Å². The number of likely N-dealkylation sites (tertiary alicyclic amines) is 1. The fraction of sp³-hybridized carbons (Fsp3) is 0.588. The van der Waals surface area contributed by atoms with E-state index in [1.54, 1.807) is 0 Å². The minimum Gasteiger partial charge on any atom is -0.326 e. The van der Waals surface area contributed by atoms with Gasteiger partial charge in [0.2, 0.25) is 5.91 Å². The lowest BCUT2D eigenvalue weighted by Gasteiger charge is -2.28. The van der Waals surface area contributed by atoms with E-state index in [1.807, 2.05) is 12.1 Å². The van der Waals surface area contributed by atoms with Crippen LogP contribution in [-0.4, -0.2) is 30.9 Å². The Balaban J connectivity index is 1.94. The zero-order valence-corrected chi connectivity index (χ0v) is 13.1. The van der Waals surface area contributed by atoms with Crippen molar-refractivity contribution in [3.05, 3.63) is 29.8 Å². The highest BCUT2D eigenvalue weighted by atomic mass is 16.1. The zero-order valence-electron chi connectivity index (χ0n) is 13.1. The summed E-state index contributed by atoms with van der Waals surface area (Å²) < 4.78 is 0. The molecule has 0 atom stereocenters. The molecule has 0 radical (unpaired) electrons. The van der Waals surface area contributed by atoms with Gasteiger partial charge in [-0.2, -0.15) is 0 Å². The highest BCUT2D eigenvalue weighted by Crippen LogP contribution is 2.24. The molecule has 2 rings (SSSR count). The van der Waals surface area contributed by atoms with Crippen LogP contribution in [0.5, 0.6) is 0 Å². The third-order valence-corrected chi connectivity index (χ3v) is 4.11. The van der Waals surface area contributed by atoms with E-state index in [-0.39, 0.29) is 17.2 Å². The van der Waals surface area contributed by atoms with Crippen molar-refractivity contribution < 1.29 is 4.79 Å². The van der Waals surface area contributed by atoms with Gasteiger partial charge >= 0.3 is 0 Å². The number of carbonyl (C=O) groups excluding carboxylic acids is 1. The van der Waals surface area contributed by atoms with Gasteiger partial charge in [0.05, 0.1) is 0 Å². The largest absolute Gasteiger partial charge is 0.326 e. The van der Waals surface area contributed by atoms with Gasteiger partial charge < -0.3 is 10.2 Å². The Morgan fingerprint density at radius 1 is 1.15 bits per heavy atom. The molecule has 20 heavy (non-hydrogen) atoms. The predicted octanol–water partition coefficient (Wildman–Crippen LogP) is 3.26. The Labute approximate surface area is 122 Å². The summed E-state index contributed by atoms with van der Waals surface area (Å²) in [7, 11) is 2.11. The smallest absolute Gasteiger partial charge is 0.227 e. The first-order chi connectivity index (χ1) is 9.36. The highest BCUT2D eigenvalue weighted by Gasteiger charge is 2.23. The van der Waals surface area contributed by atoms with Crippen molar-refractivity contribution in [2.45, 2.75) is 39.0 Å². The van der Waals surface area contributed by atoms with Crippen LogP contribution in [0.25, 0.3) is 0 Å². The molecule has 0 spiro atoms. The van der Waals surface area contributed by atoms with E-state index in [2.05, 4.69) is 50.2 Å². The molecule has 1 amide bonds. The standard InChI is InChI=1S/C17H26N2O/c1-17(2,3)14-5-7-15(8-6-14)18-16(20)13-9-11-19(4)12-10-13/h5-8,13H,9-12H2,1-4H3,(H,18,20). The average Bonchev–Trinajstić information content (AvgIpc) is 2.39. The molecular formula is C17H26N2O. The Morgan fingerprint density at radius 2 is 1.70 bits per heavy atom. The summed E-state index contributed by atoms with van der Waals surface area (Å²) in [5.74, 6) is 0.329. The summed E-state index contributed by atoms with van der Waals surface area (Å²) >= 11 is 0. The number of benzene rings is 1. The Hall–Kier alpha value is -1.35. The molecule has 0 aromatic heterocycles. The van der Waals surface area contributed by atoms with Gasteiger partial charge in [-0.1, -0.05) is 32.9 Å². The van der Waals surface area contributed by atoms with Crippen LogP contribution in [0.4, 0.5) is 5.69 Å².